The molecule has 6 nitrogen and oxygen atoms in total. The van der Waals surface area contributed by atoms with Gasteiger partial charge in [-0.2, -0.15) is 0 Å². The van der Waals surface area contributed by atoms with Gasteiger partial charge in [0.2, 0.25) is 15.9 Å². The third-order valence-electron chi connectivity index (χ3n) is 4.47. The van der Waals surface area contributed by atoms with E-state index in [1.807, 2.05) is 44.4 Å². The minimum Gasteiger partial charge on any atom is -0.491 e. The van der Waals surface area contributed by atoms with Crippen molar-refractivity contribution in [3.05, 3.63) is 48.0 Å². The molecule has 0 heterocycles. The van der Waals surface area contributed by atoms with Crippen LogP contribution in [0.1, 0.15) is 39.7 Å². The number of aryl methyl sites for hydroxylation is 1. The summed E-state index contributed by atoms with van der Waals surface area (Å²) < 4.78 is 33.8. The zero-order valence-corrected chi connectivity index (χ0v) is 20.4. The lowest BCUT2D eigenvalue weighted by molar-refractivity contribution is -0.118. The predicted molar refractivity (Wildman–Crippen MR) is 127 cm³/mol. The highest BCUT2D eigenvalue weighted by atomic mass is 32.2. The minimum atomic E-state index is -3.68. The van der Waals surface area contributed by atoms with Crippen LogP contribution in [0.4, 0.5) is 5.69 Å². The molecule has 2 aromatic carbocycles. The molecule has 0 unspecified atom stereocenters. The molecule has 0 bridgehead atoms. The first kappa shape index (κ1) is 25.2. The van der Waals surface area contributed by atoms with Gasteiger partial charge in [0.15, 0.2) is 0 Å². The highest BCUT2D eigenvalue weighted by Gasteiger charge is 2.17. The first-order chi connectivity index (χ1) is 14.6. The number of benzene rings is 2. The van der Waals surface area contributed by atoms with Gasteiger partial charge in [-0.3, -0.25) is 4.79 Å². The molecule has 31 heavy (non-hydrogen) atoms. The van der Waals surface area contributed by atoms with Gasteiger partial charge in [0, 0.05) is 17.4 Å². The lowest BCUT2D eigenvalue weighted by Crippen LogP contribution is -2.25. The summed E-state index contributed by atoms with van der Waals surface area (Å²) in [5.41, 5.74) is 1.61. The number of sulfonamides is 1. The van der Waals surface area contributed by atoms with Crippen LogP contribution in [0.3, 0.4) is 0 Å². The Hall–Kier alpha value is -2.03. The first-order valence-corrected chi connectivity index (χ1v) is 13.1. The number of carbonyl (C=O) groups is 1. The van der Waals surface area contributed by atoms with Crippen molar-refractivity contribution in [1.82, 2.24) is 4.72 Å². The van der Waals surface area contributed by atoms with E-state index in [2.05, 4.69) is 10.0 Å². The molecule has 0 aliphatic rings. The van der Waals surface area contributed by atoms with Crippen LogP contribution in [0.5, 0.6) is 5.75 Å². The van der Waals surface area contributed by atoms with E-state index in [9.17, 15) is 13.2 Å². The smallest absolute Gasteiger partial charge is 0.240 e. The largest absolute Gasteiger partial charge is 0.491 e. The van der Waals surface area contributed by atoms with Crippen LogP contribution in [0, 0.1) is 5.92 Å². The molecular formula is C23H32N2O4S2. The minimum absolute atomic E-state index is 0.106. The molecule has 0 aromatic heterocycles. The summed E-state index contributed by atoms with van der Waals surface area (Å²) in [4.78, 5) is 13.0. The molecule has 0 atom stereocenters. The van der Waals surface area contributed by atoms with E-state index in [4.69, 9.17) is 4.74 Å². The Bertz CT molecular complexity index is 989. The van der Waals surface area contributed by atoms with Crippen LogP contribution in [-0.2, 0) is 21.2 Å². The highest BCUT2D eigenvalue weighted by Crippen LogP contribution is 2.28. The average Bonchev–Trinajstić information content (AvgIpc) is 2.71. The van der Waals surface area contributed by atoms with Crippen LogP contribution in [-0.4, -0.2) is 33.2 Å². The lowest BCUT2D eigenvalue weighted by atomic mass is 10.1. The van der Waals surface area contributed by atoms with Crippen LogP contribution in [0.25, 0.3) is 0 Å². The van der Waals surface area contributed by atoms with Crippen molar-refractivity contribution in [1.29, 1.82) is 0 Å². The fraction of sp³-hybridized carbons (Fsp3) is 0.435. The number of thioether (sulfide) groups is 1. The number of carbonyl (C=O) groups excluding carboxylic acids is 1. The second-order valence-electron chi connectivity index (χ2n) is 7.82. The number of hydrogen-bond donors (Lipinski definition) is 2. The van der Waals surface area contributed by atoms with Gasteiger partial charge in [-0.15, -0.1) is 11.8 Å². The van der Waals surface area contributed by atoms with Crippen molar-refractivity contribution in [3.8, 4) is 5.75 Å². The Balaban J connectivity index is 2.00. The second-order valence-corrected chi connectivity index (χ2v) is 10.4. The molecular weight excluding hydrogens is 432 g/mol. The van der Waals surface area contributed by atoms with Crippen molar-refractivity contribution in [2.24, 2.45) is 5.92 Å². The molecule has 0 spiro atoms. The standard InChI is InChI=1S/C23H32N2O4S2/c1-16(2)23(26)25-21-15-20(11-12-22(21)30-5)31(27,28)24-13-7-9-18-8-6-10-19(14-18)29-17(3)4/h6,8,10-12,14-17,24H,7,9,13H2,1-5H3,(H,25,26). The number of anilines is 1. The normalized spacial score (nSPS) is 11.7. The molecule has 1 amide bonds. The van der Waals surface area contributed by atoms with Gasteiger partial charge in [-0.25, -0.2) is 13.1 Å². The quantitative estimate of drug-likeness (QED) is 0.372. The second kappa shape index (κ2) is 11.5. The molecule has 0 saturated carbocycles. The Morgan fingerprint density at radius 1 is 1.10 bits per heavy atom. The summed E-state index contributed by atoms with van der Waals surface area (Å²) in [6.07, 6.45) is 3.38. The van der Waals surface area contributed by atoms with Gasteiger partial charge in [-0.1, -0.05) is 26.0 Å². The van der Waals surface area contributed by atoms with Crippen molar-refractivity contribution in [2.75, 3.05) is 18.1 Å². The van der Waals surface area contributed by atoms with Crippen LogP contribution >= 0.6 is 11.8 Å². The Morgan fingerprint density at radius 3 is 2.48 bits per heavy atom. The van der Waals surface area contributed by atoms with Crippen molar-refractivity contribution < 1.29 is 17.9 Å². The maximum absolute atomic E-state index is 12.7. The zero-order chi connectivity index (χ0) is 23.0. The monoisotopic (exact) mass is 464 g/mol. The van der Waals surface area contributed by atoms with Crippen LogP contribution < -0.4 is 14.8 Å². The molecule has 0 saturated heterocycles. The maximum atomic E-state index is 12.7. The van der Waals surface area contributed by atoms with E-state index < -0.39 is 10.0 Å². The van der Waals surface area contributed by atoms with E-state index in [1.165, 1.54) is 17.8 Å². The Morgan fingerprint density at radius 2 is 1.84 bits per heavy atom. The molecule has 170 valence electrons. The number of rotatable bonds is 11. The van der Waals surface area contributed by atoms with E-state index >= 15 is 0 Å². The van der Waals surface area contributed by atoms with Crippen molar-refractivity contribution >= 4 is 33.4 Å². The van der Waals surface area contributed by atoms with E-state index in [1.54, 1.807) is 26.0 Å². The zero-order valence-electron chi connectivity index (χ0n) is 18.8. The molecule has 0 radical (unpaired) electrons. The third kappa shape index (κ3) is 7.87. The number of nitrogens with one attached hydrogen (secondary N) is 2. The van der Waals surface area contributed by atoms with E-state index in [0.29, 0.717) is 18.7 Å². The summed E-state index contributed by atoms with van der Waals surface area (Å²) in [6.45, 7) is 7.86. The maximum Gasteiger partial charge on any atom is 0.240 e. The fourth-order valence-corrected chi connectivity index (χ4v) is 4.49. The predicted octanol–water partition coefficient (Wildman–Crippen LogP) is 4.70. The molecule has 0 aliphatic carbocycles. The molecule has 0 fully saturated rings. The SMILES string of the molecule is CSc1ccc(S(=O)(=O)NCCCc2cccc(OC(C)C)c2)cc1NC(=O)C(C)C. The van der Waals surface area contributed by atoms with Crippen LogP contribution in [0.2, 0.25) is 0 Å². The Kier molecular flexibility index (Phi) is 9.40. The summed E-state index contributed by atoms with van der Waals surface area (Å²) >= 11 is 1.45. The van der Waals surface area contributed by atoms with Crippen LogP contribution in [0.15, 0.2) is 52.3 Å². The average molecular weight is 465 g/mol. The van der Waals surface area contributed by atoms with Gasteiger partial charge in [0.1, 0.15) is 5.75 Å². The number of hydrogen-bond acceptors (Lipinski definition) is 5. The number of amides is 1. The first-order valence-electron chi connectivity index (χ1n) is 10.4. The van der Waals surface area contributed by atoms with E-state index in [-0.39, 0.29) is 22.8 Å². The van der Waals surface area contributed by atoms with Gasteiger partial charge in [0.25, 0.3) is 0 Å². The molecule has 0 aliphatic heterocycles. The molecule has 2 aromatic rings. The van der Waals surface area contributed by atoms with Gasteiger partial charge in [-0.05, 0) is 68.8 Å². The Labute approximate surface area is 190 Å². The fourth-order valence-electron chi connectivity index (χ4n) is 2.86. The summed E-state index contributed by atoms with van der Waals surface area (Å²) in [5, 5.41) is 2.82. The molecule has 8 heteroatoms. The number of ether oxygens (including phenoxy) is 1. The summed E-state index contributed by atoms with van der Waals surface area (Å²) in [7, 11) is -3.68. The summed E-state index contributed by atoms with van der Waals surface area (Å²) in [5.74, 6) is 0.469. The van der Waals surface area contributed by atoms with Crippen molar-refractivity contribution in [2.45, 2.75) is 56.4 Å². The van der Waals surface area contributed by atoms with Gasteiger partial charge >= 0.3 is 0 Å². The van der Waals surface area contributed by atoms with Crippen molar-refractivity contribution in [3.63, 3.8) is 0 Å². The third-order valence-corrected chi connectivity index (χ3v) is 6.72. The molecule has 2 rings (SSSR count). The van der Waals surface area contributed by atoms with Gasteiger partial charge < -0.3 is 10.1 Å². The highest BCUT2D eigenvalue weighted by molar-refractivity contribution is 7.98. The van der Waals surface area contributed by atoms with Gasteiger partial charge in [0.05, 0.1) is 16.7 Å². The molecule has 2 N–H and O–H groups in total. The topological polar surface area (TPSA) is 84.5 Å². The van der Waals surface area contributed by atoms with E-state index in [0.717, 1.165) is 22.6 Å². The summed E-state index contributed by atoms with van der Waals surface area (Å²) in [6, 6.07) is 12.6. The lowest BCUT2D eigenvalue weighted by Gasteiger charge is -2.14.